The maximum atomic E-state index is 13.9. The number of halogens is 3. The van der Waals surface area contributed by atoms with E-state index >= 15 is 0 Å². The molecule has 166 valence electrons. The summed E-state index contributed by atoms with van der Waals surface area (Å²) in [6.07, 6.45) is 5.58. The average Bonchev–Trinajstić information content (AvgIpc) is 3.21. The Kier molecular flexibility index (Phi) is 4.91. The van der Waals surface area contributed by atoms with Crippen molar-refractivity contribution in [2.75, 3.05) is 0 Å². The Bertz CT molecular complexity index is 817. The second-order valence-electron chi connectivity index (χ2n) is 10.2. The molecule has 5 rings (SSSR count). The van der Waals surface area contributed by atoms with Crippen LogP contribution in [0.25, 0.3) is 0 Å². The summed E-state index contributed by atoms with van der Waals surface area (Å²) >= 11 is 0. The Morgan fingerprint density at radius 1 is 1.13 bits per heavy atom. The Labute approximate surface area is 174 Å². The van der Waals surface area contributed by atoms with Crippen LogP contribution in [0.5, 0.6) is 0 Å². The van der Waals surface area contributed by atoms with Crippen LogP contribution in [0.4, 0.5) is 13.2 Å². The summed E-state index contributed by atoms with van der Waals surface area (Å²) < 4.78 is 42.9. The zero-order chi connectivity index (χ0) is 21.1. The number of alkyl halides is 3. The largest absolute Gasteiger partial charge is 0.433 e. The van der Waals surface area contributed by atoms with Crippen LogP contribution >= 0.6 is 0 Å². The molecular weight excluding hydrogens is 395 g/mol. The van der Waals surface area contributed by atoms with Crippen molar-refractivity contribution in [2.45, 2.75) is 94.5 Å². The molecule has 0 radical (unpaired) electrons. The van der Waals surface area contributed by atoms with E-state index in [0.717, 1.165) is 62.2 Å². The lowest BCUT2D eigenvalue weighted by molar-refractivity contribution is -0.145. The molecule has 30 heavy (non-hydrogen) atoms. The van der Waals surface area contributed by atoms with Gasteiger partial charge in [-0.1, -0.05) is 19.3 Å². The first-order valence-electron chi connectivity index (χ1n) is 11.4. The quantitative estimate of drug-likeness (QED) is 0.751. The number of fused-ring (bicyclic) bond motifs is 2. The van der Waals surface area contributed by atoms with Gasteiger partial charge >= 0.3 is 6.18 Å². The molecule has 0 aromatic carbocycles. The van der Waals surface area contributed by atoms with Gasteiger partial charge in [0.1, 0.15) is 0 Å². The van der Waals surface area contributed by atoms with Crippen molar-refractivity contribution < 1.29 is 23.1 Å². The summed E-state index contributed by atoms with van der Waals surface area (Å²) in [6, 6.07) is -0.476. The summed E-state index contributed by atoms with van der Waals surface area (Å²) in [5.74, 6) is 0.283. The Morgan fingerprint density at radius 3 is 2.63 bits per heavy atom. The van der Waals surface area contributed by atoms with Crippen LogP contribution in [-0.2, 0) is 6.18 Å². The van der Waals surface area contributed by atoms with Crippen LogP contribution in [0.3, 0.4) is 0 Å². The monoisotopic (exact) mass is 425 g/mol. The molecule has 4 unspecified atom stereocenters. The van der Waals surface area contributed by atoms with E-state index in [0.29, 0.717) is 31.1 Å². The fourth-order valence-corrected chi connectivity index (χ4v) is 6.96. The Balaban J connectivity index is 1.39. The maximum Gasteiger partial charge on any atom is 0.433 e. The van der Waals surface area contributed by atoms with E-state index in [1.54, 1.807) is 0 Å². The topological polar surface area (TPSA) is 67.2 Å². The number of aliphatic hydroxyl groups is 1. The molecule has 0 spiro atoms. The summed E-state index contributed by atoms with van der Waals surface area (Å²) in [5, 5.41) is 17.8. The minimum absolute atomic E-state index is 0.147. The fourth-order valence-electron chi connectivity index (χ4n) is 6.96. The molecule has 5 atom stereocenters. The fraction of sp³-hybridized carbons (Fsp3) is 0.818. The van der Waals surface area contributed by atoms with Gasteiger partial charge in [0.2, 0.25) is 0 Å². The lowest BCUT2D eigenvalue weighted by Crippen LogP contribution is -2.42. The van der Waals surface area contributed by atoms with Gasteiger partial charge < -0.3 is 10.4 Å². The highest BCUT2D eigenvalue weighted by atomic mass is 19.4. The van der Waals surface area contributed by atoms with Crippen molar-refractivity contribution in [1.29, 1.82) is 0 Å². The number of hydrogen-bond acceptors (Lipinski definition) is 3. The summed E-state index contributed by atoms with van der Waals surface area (Å²) in [4.78, 5) is 13.0. The van der Waals surface area contributed by atoms with Gasteiger partial charge in [0.05, 0.1) is 23.4 Å². The number of carbonyl (C=O) groups is 1. The molecule has 8 heteroatoms. The highest BCUT2D eigenvalue weighted by molar-refractivity contribution is 5.95. The Morgan fingerprint density at radius 2 is 1.90 bits per heavy atom. The summed E-state index contributed by atoms with van der Waals surface area (Å²) in [6.45, 7) is 0. The number of aromatic nitrogens is 2. The molecule has 1 heterocycles. The number of hydrogen-bond donors (Lipinski definition) is 2. The molecule has 1 amide bonds. The number of nitrogens with one attached hydrogen (secondary N) is 1. The maximum absolute atomic E-state index is 13.9. The highest BCUT2D eigenvalue weighted by Gasteiger charge is 2.54. The van der Waals surface area contributed by atoms with Crippen LogP contribution < -0.4 is 5.32 Å². The van der Waals surface area contributed by atoms with Gasteiger partial charge in [0.25, 0.3) is 5.91 Å². The number of amides is 1. The van der Waals surface area contributed by atoms with Crippen molar-refractivity contribution in [3.05, 3.63) is 17.5 Å². The van der Waals surface area contributed by atoms with E-state index in [2.05, 4.69) is 10.4 Å². The van der Waals surface area contributed by atoms with Gasteiger partial charge in [0.15, 0.2) is 5.69 Å². The normalized spacial score (nSPS) is 36.7. The lowest BCUT2D eigenvalue weighted by atomic mass is 9.77. The van der Waals surface area contributed by atoms with Gasteiger partial charge in [-0.2, -0.15) is 18.3 Å². The second kappa shape index (κ2) is 7.24. The molecule has 4 aliphatic rings. The van der Waals surface area contributed by atoms with Crippen molar-refractivity contribution >= 4 is 5.91 Å². The average molecular weight is 425 g/mol. The minimum Gasteiger partial charge on any atom is -0.390 e. The van der Waals surface area contributed by atoms with E-state index in [4.69, 9.17) is 0 Å². The first kappa shape index (κ1) is 20.3. The van der Waals surface area contributed by atoms with Gasteiger partial charge in [-0.25, -0.2) is 0 Å². The van der Waals surface area contributed by atoms with Crippen molar-refractivity contribution in [3.8, 4) is 0 Å². The van der Waals surface area contributed by atoms with Gasteiger partial charge in [-0.05, 0) is 69.1 Å². The van der Waals surface area contributed by atoms with Crippen molar-refractivity contribution in [1.82, 2.24) is 15.1 Å². The predicted octanol–water partition coefficient (Wildman–Crippen LogP) is 4.47. The molecule has 4 saturated carbocycles. The summed E-state index contributed by atoms with van der Waals surface area (Å²) in [5.41, 5.74) is -1.93. The number of rotatable bonds is 3. The first-order valence-corrected chi connectivity index (χ1v) is 11.4. The number of carbonyl (C=O) groups excluding carboxylic acids is 1. The third-order valence-electron chi connectivity index (χ3n) is 8.12. The Hall–Kier alpha value is -1.57. The van der Waals surface area contributed by atoms with E-state index in [1.165, 1.54) is 0 Å². The molecule has 5 nitrogen and oxygen atoms in total. The molecule has 1 aromatic rings. The molecule has 2 N–H and O–H groups in total. The first-order chi connectivity index (χ1) is 14.2. The van der Waals surface area contributed by atoms with E-state index in [-0.39, 0.29) is 23.6 Å². The van der Waals surface area contributed by atoms with Gasteiger partial charge in [-0.15, -0.1) is 0 Å². The third-order valence-corrected chi connectivity index (χ3v) is 8.12. The molecule has 4 fully saturated rings. The molecule has 3 bridgehead atoms. The summed E-state index contributed by atoms with van der Waals surface area (Å²) in [7, 11) is 0. The minimum atomic E-state index is -4.63. The molecule has 0 aliphatic heterocycles. The van der Waals surface area contributed by atoms with Crippen LogP contribution in [-0.4, -0.2) is 32.4 Å². The molecule has 4 aliphatic carbocycles. The van der Waals surface area contributed by atoms with Crippen LogP contribution in [0.2, 0.25) is 0 Å². The van der Waals surface area contributed by atoms with E-state index in [9.17, 15) is 23.1 Å². The smallest absolute Gasteiger partial charge is 0.390 e. The van der Waals surface area contributed by atoms with E-state index in [1.807, 2.05) is 0 Å². The molecule has 0 saturated heterocycles. The van der Waals surface area contributed by atoms with Crippen molar-refractivity contribution in [2.24, 2.45) is 17.8 Å². The zero-order valence-corrected chi connectivity index (χ0v) is 17.1. The van der Waals surface area contributed by atoms with Crippen LogP contribution in [0, 0.1) is 17.8 Å². The van der Waals surface area contributed by atoms with E-state index < -0.39 is 23.4 Å². The predicted molar refractivity (Wildman–Crippen MR) is 104 cm³/mol. The SMILES string of the molecule is O=C(N[C@H]1CCC2CC3CC(O)(C2)CC31)c1cnn(C2CCCCC2)c1C(F)(F)F. The molecular formula is C22H30F3N3O2. The lowest BCUT2D eigenvalue weighted by Gasteiger charge is -2.33. The van der Waals surface area contributed by atoms with Gasteiger partial charge in [0, 0.05) is 6.04 Å². The van der Waals surface area contributed by atoms with Crippen LogP contribution in [0.15, 0.2) is 6.20 Å². The standard InChI is InChI=1S/C22H30F3N3O2/c23-22(24,25)19-17(12-26-28(19)15-4-2-1-3-5-15)20(29)27-18-7-6-13-8-14-10-21(30,9-13)11-16(14)18/h12-16,18,30H,1-11H2,(H,27,29)/t13?,14?,16?,18-,21?/m0/s1. The zero-order valence-electron chi connectivity index (χ0n) is 17.1. The van der Waals surface area contributed by atoms with Crippen molar-refractivity contribution in [3.63, 3.8) is 0 Å². The van der Waals surface area contributed by atoms with Crippen LogP contribution in [0.1, 0.15) is 92.7 Å². The molecule has 1 aromatic heterocycles. The third kappa shape index (κ3) is 3.55. The van der Waals surface area contributed by atoms with Gasteiger partial charge in [-0.3, -0.25) is 9.48 Å². The second-order valence-corrected chi connectivity index (χ2v) is 10.2. The highest BCUT2D eigenvalue weighted by Crippen LogP contribution is 2.55. The number of nitrogens with zero attached hydrogens (tertiary/aromatic N) is 2.